The van der Waals surface area contributed by atoms with Crippen molar-refractivity contribution in [3.05, 3.63) is 58.6 Å². The molecule has 2 aliphatic heterocycles. The third-order valence-electron chi connectivity index (χ3n) is 5.35. The highest BCUT2D eigenvalue weighted by atomic mass is 16.5. The Morgan fingerprint density at radius 2 is 2.15 bits per heavy atom. The van der Waals surface area contributed by atoms with Gasteiger partial charge in [-0.3, -0.25) is 14.7 Å². The molecule has 1 atom stereocenters. The Balaban J connectivity index is 1.69. The number of aromatic nitrogens is 1. The van der Waals surface area contributed by atoms with E-state index in [2.05, 4.69) is 16.8 Å². The highest BCUT2D eigenvalue weighted by molar-refractivity contribution is 6.15. The zero-order chi connectivity index (χ0) is 19.0. The zero-order valence-corrected chi connectivity index (χ0v) is 15.7. The van der Waals surface area contributed by atoms with Gasteiger partial charge in [0.1, 0.15) is 11.5 Å². The Kier molecular flexibility index (Phi) is 4.70. The number of fused-ring (bicyclic) bond motifs is 1. The second-order valence-electron chi connectivity index (χ2n) is 7.60. The number of carbonyl (C=O) groups is 1. The highest BCUT2D eigenvalue weighted by Gasteiger charge is 2.34. The van der Waals surface area contributed by atoms with Crippen molar-refractivity contribution in [2.75, 3.05) is 13.1 Å². The van der Waals surface area contributed by atoms with Crippen LogP contribution in [0.15, 0.2) is 36.4 Å². The first-order valence-corrected chi connectivity index (χ1v) is 9.45. The van der Waals surface area contributed by atoms with Crippen LogP contribution >= 0.6 is 0 Å². The molecule has 0 saturated carbocycles. The van der Waals surface area contributed by atoms with E-state index in [1.807, 2.05) is 19.1 Å². The summed E-state index contributed by atoms with van der Waals surface area (Å²) in [5.74, 6) is 1.51. The smallest absolute Gasteiger partial charge is 0.232 e. The number of allylic oxidation sites excluding steroid dienone is 1. The molecule has 1 aromatic carbocycles. The fourth-order valence-electron chi connectivity index (χ4n) is 4.00. The van der Waals surface area contributed by atoms with Crippen LogP contribution in [0, 0.1) is 12.8 Å². The lowest BCUT2D eigenvalue weighted by atomic mass is 9.97. The van der Waals surface area contributed by atoms with Gasteiger partial charge in [0, 0.05) is 25.5 Å². The van der Waals surface area contributed by atoms with Crippen LogP contribution < -0.4 is 4.74 Å². The van der Waals surface area contributed by atoms with E-state index < -0.39 is 0 Å². The van der Waals surface area contributed by atoms with E-state index in [-0.39, 0.29) is 17.3 Å². The molecule has 4 rings (SSSR count). The molecule has 5 nitrogen and oxygen atoms in total. The minimum atomic E-state index is -0.132. The van der Waals surface area contributed by atoms with Gasteiger partial charge in [0.05, 0.1) is 11.1 Å². The maximum atomic E-state index is 12.9. The first-order chi connectivity index (χ1) is 13.0. The van der Waals surface area contributed by atoms with Gasteiger partial charge in [0.25, 0.3) is 0 Å². The fraction of sp³-hybridized carbons (Fsp3) is 0.364. The molecular formula is C22H24N2O3. The van der Waals surface area contributed by atoms with E-state index in [0.717, 1.165) is 30.6 Å². The Morgan fingerprint density at radius 3 is 2.89 bits per heavy atom. The molecule has 140 valence electrons. The van der Waals surface area contributed by atoms with E-state index in [4.69, 9.17) is 4.74 Å². The molecule has 1 saturated heterocycles. The first kappa shape index (κ1) is 17.7. The number of aryl methyl sites for hydroxylation is 1. The van der Waals surface area contributed by atoms with Crippen molar-refractivity contribution in [2.45, 2.75) is 33.2 Å². The molecule has 1 N–H and O–H groups in total. The number of pyridine rings is 1. The summed E-state index contributed by atoms with van der Waals surface area (Å²) in [7, 11) is 0. The quantitative estimate of drug-likeness (QED) is 0.836. The van der Waals surface area contributed by atoms with Crippen molar-refractivity contribution in [1.29, 1.82) is 0 Å². The van der Waals surface area contributed by atoms with E-state index in [1.165, 1.54) is 6.42 Å². The number of ketones is 1. The topological polar surface area (TPSA) is 62.7 Å². The minimum Gasteiger partial charge on any atom is -0.507 e. The number of rotatable bonds is 3. The van der Waals surface area contributed by atoms with Crippen molar-refractivity contribution in [3.8, 4) is 11.5 Å². The molecule has 27 heavy (non-hydrogen) atoms. The third-order valence-corrected chi connectivity index (χ3v) is 5.35. The van der Waals surface area contributed by atoms with Gasteiger partial charge in [0.2, 0.25) is 5.78 Å². The van der Waals surface area contributed by atoms with E-state index >= 15 is 0 Å². The summed E-state index contributed by atoms with van der Waals surface area (Å²) in [6, 6.07) is 5.33. The second kappa shape index (κ2) is 7.16. The van der Waals surface area contributed by atoms with Crippen molar-refractivity contribution < 1.29 is 14.6 Å². The van der Waals surface area contributed by atoms with Gasteiger partial charge >= 0.3 is 0 Å². The van der Waals surface area contributed by atoms with Crippen molar-refractivity contribution >= 4 is 11.9 Å². The number of benzene rings is 1. The van der Waals surface area contributed by atoms with E-state index in [9.17, 15) is 9.90 Å². The normalized spacial score (nSPS) is 21.3. The average Bonchev–Trinajstić information content (AvgIpc) is 2.96. The van der Waals surface area contributed by atoms with E-state index in [0.29, 0.717) is 29.3 Å². The van der Waals surface area contributed by atoms with Gasteiger partial charge in [-0.05, 0) is 67.6 Å². The Morgan fingerprint density at radius 1 is 1.37 bits per heavy atom. The Labute approximate surface area is 159 Å². The maximum absolute atomic E-state index is 12.9. The molecule has 0 bridgehead atoms. The lowest BCUT2D eigenvalue weighted by Crippen LogP contribution is -2.33. The number of nitrogens with zero attached hydrogens (tertiary/aromatic N) is 2. The van der Waals surface area contributed by atoms with Crippen LogP contribution in [0.1, 0.15) is 46.8 Å². The summed E-state index contributed by atoms with van der Waals surface area (Å²) in [5, 5.41) is 10.6. The summed E-state index contributed by atoms with van der Waals surface area (Å²) >= 11 is 0. The molecule has 1 aromatic heterocycles. The summed E-state index contributed by atoms with van der Waals surface area (Å²) < 4.78 is 5.99. The number of phenols is 1. The van der Waals surface area contributed by atoms with Gasteiger partial charge in [-0.2, -0.15) is 0 Å². The molecule has 2 aromatic rings. The van der Waals surface area contributed by atoms with Gasteiger partial charge in [-0.1, -0.05) is 6.92 Å². The molecule has 1 fully saturated rings. The number of aromatic hydroxyl groups is 1. The predicted molar refractivity (Wildman–Crippen MR) is 104 cm³/mol. The van der Waals surface area contributed by atoms with Crippen LogP contribution in [-0.2, 0) is 6.54 Å². The van der Waals surface area contributed by atoms with Crippen molar-refractivity contribution in [3.63, 3.8) is 0 Å². The van der Waals surface area contributed by atoms with Gasteiger partial charge in [-0.15, -0.1) is 0 Å². The molecule has 3 heterocycles. The summed E-state index contributed by atoms with van der Waals surface area (Å²) in [6.07, 6.45) is 7.48. The van der Waals surface area contributed by atoms with Gasteiger partial charge in [0.15, 0.2) is 5.76 Å². The number of Topliss-reactive ketones (excluding diaryl/α,β-unsaturated/α-hetero) is 1. The van der Waals surface area contributed by atoms with Crippen LogP contribution in [-0.4, -0.2) is 33.9 Å². The lowest BCUT2D eigenvalue weighted by molar-refractivity contribution is 0.101. The number of piperidine rings is 1. The fourth-order valence-corrected chi connectivity index (χ4v) is 4.00. The second-order valence-corrected chi connectivity index (χ2v) is 7.60. The van der Waals surface area contributed by atoms with Crippen molar-refractivity contribution in [1.82, 2.24) is 9.88 Å². The highest BCUT2D eigenvalue weighted by Crippen LogP contribution is 2.42. The molecule has 0 amide bonds. The monoisotopic (exact) mass is 364 g/mol. The average molecular weight is 364 g/mol. The molecule has 2 aliphatic rings. The number of hydrogen-bond donors (Lipinski definition) is 1. The maximum Gasteiger partial charge on any atom is 0.232 e. The van der Waals surface area contributed by atoms with E-state index in [1.54, 1.807) is 24.5 Å². The standard InChI is InChI=1S/C22H24N2O3/c1-14-4-3-9-24(12-14)13-17-18(25)10-15(2)20-21(26)19(27-22(17)20)11-16-5-7-23-8-6-16/h5-8,10-11,14,25H,3-4,9,12-13H2,1-2H3/b19-11+. The molecule has 1 unspecified atom stereocenters. The number of likely N-dealkylation sites (tertiary alicyclic amines) is 1. The largest absolute Gasteiger partial charge is 0.507 e. The molecule has 0 radical (unpaired) electrons. The van der Waals surface area contributed by atoms with Gasteiger partial charge in [-0.25, -0.2) is 0 Å². The number of hydrogen-bond acceptors (Lipinski definition) is 5. The van der Waals surface area contributed by atoms with Crippen LogP contribution in [0.5, 0.6) is 11.5 Å². The predicted octanol–water partition coefficient (Wildman–Crippen LogP) is 3.94. The molecular weight excluding hydrogens is 340 g/mol. The third kappa shape index (κ3) is 3.47. The number of carbonyl (C=O) groups excluding carboxylic acids is 1. The first-order valence-electron chi connectivity index (χ1n) is 9.45. The Bertz CT molecular complexity index is 906. The molecule has 0 spiro atoms. The SMILES string of the molecule is Cc1cc(O)c(CN2CCCC(C)C2)c2c1C(=O)/C(=C\c1ccncc1)O2. The Hall–Kier alpha value is -2.66. The van der Waals surface area contributed by atoms with Crippen LogP contribution in [0.4, 0.5) is 0 Å². The molecule has 5 heteroatoms. The number of phenolic OH excluding ortho intramolecular Hbond substituents is 1. The number of ether oxygens (including phenoxy) is 1. The summed E-state index contributed by atoms with van der Waals surface area (Å²) in [5.41, 5.74) is 2.86. The van der Waals surface area contributed by atoms with Crippen LogP contribution in [0.2, 0.25) is 0 Å². The summed E-state index contributed by atoms with van der Waals surface area (Å²) in [4.78, 5) is 19.3. The zero-order valence-electron chi connectivity index (χ0n) is 15.7. The lowest BCUT2D eigenvalue weighted by Gasteiger charge is -2.31. The van der Waals surface area contributed by atoms with Crippen LogP contribution in [0.25, 0.3) is 6.08 Å². The van der Waals surface area contributed by atoms with Crippen LogP contribution in [0.3, 0.4) is 0 Å². The minimum absolute atomic E-state index is 0.132. The van der Waals surface area contributed by atoms with Gasteiger partial charge < -0.3 is 9.84 Å². The summed E-state index contributed by atoms with van der Waals surface area (Å²) in [6.45, 7) is 6.67. The van der Waals surface area contributed by atoms with Crippen molar-refractivity contribution in [2.24, 2.45) is 5.92 Å². The molecule has 0 aliphatic carbocycles.